The molecule has 110 valence electrons. The highest BCUT2D eigenvalue weighted by atomic mass is 127. The maximum Gasteiger partial charge on any atom is 0.227 e. The Morgan fingerprint density at radius 2 is 2.10 bits per heavy atom. The van der Waals surface area contributed by atoms with Gasteiger partial charge in [0.1, 0.15) is 11.6 Å². The third-order valence-corrected chi connectivity index (χ3v) is 3.34. The smallest absolute Gasteiger partial charge is 0.227 e. The number of carbonyl (C=O) groups is 1. The molecular weight excluding hydrogens is 386 g/mol. The summed E-state index contributed by atoms with van der Waals surface area (Å²) in [7, 11) is 0. The minimum absolute atomic E-state index is 0.00270. The van der Waals surface area contributed by atoms with Crippen molar-refractivity contribution in [1.82, 2.24) is 0 Å². The van der Waals surface area contributed by atoms with Gasteiger partial charge < -0.3 is 15.8 Å². The van der Waals surface area contributed by atoms with Crippen molar-refractivity contribution in [3.8, 4) is 5.75 Å². The molecule has 0 atom stereocenters. The van der Waals surface area contributed by atoms with E-state index in [4.69, 9.17) is 10.5 Å². The van der Waals surface area contributed by atoms with Gasteiger partial charge in [-0.3, -0.25) is 4.79 Å². The zero-order valence-corrected chi connectivity index (χ0v) is 13.3. The van der Waals surface area contributed by atoms with Crippen LogP contribution in [0.3, 0.4) is 0 Å². The molecule has 0 saturated heterocycles. The highest BCUT2D eigenvalue weighted by molar-refractivity contribution is 14.1. The quantitative estimate of drug-likeness (QED) is 0.597. The van der Waals surface area contributed by atoms with Crippen LogP contribution in [-0.4, -0.2) is 12.5 Å². The minimum atomic E-state index is -0.505. The molecule has 3 N–H and O–H groups in total. The zero-order valence-electron chi connectivity index (χ0n) is 11.1. The van der Waals surface area contributed by atoms with Crippen molar-refractivity contribution < 1.29 is 13.9 Å². The van der Waals surface area contributed by atoms with Crippen molar-refractivity contribution in [1.29, 1.82) is 0 Å². The Balaban J connectivity index is 1.81. The topological polar surface area (TPSA) is 64.3 Å². The van der Waals surface area contributed by atoms with Crippen LogP contribution < -0.4 is 15.8 Å². The number of nitrogens with two attached hydrogens (primary N) is 1. The number of nitrogens with one attached hydrogen (secondary N) is 1. The summed E-state index contributed by atoms with van der Waals surface area (Å²) in [5.41, 5.74) is 5.90. The first-order valence-corrected chi connectivity index (χ1v) is 7.36. The van der Waals surface area contributed by atoms with E-state index >= 15 is 0 Å². The third kappa shape index (κ3) is 4.89. The van der Waals surface area contributed by atoms with Gasteiger partial charge in [-0.15, -0.1) is 0 Å². The fraction of sp³-hybridized carbons (Fsp3) is 0.133. The van der Waals surface area contributed by atoms with E-state index in [1.54, 1.807) is 0 Å². The highest BCUT2D eigenvalue weighted by Crippen LogP contribution is 2.17. The standard InChI is InChI=1S/C15H14FIN2O2/c16-13-5-4-11(9-14(13)18)19-15(20)6-7-21-12-3-1-2-10(17)8-12/h1-5,8-9H,6-7,18H2,(H,19,20). The highest BCUT2D eigenvalue weighted by Gasteiger charge is 2.05. The summed E-state index contributed by atoms with van der Waals surface area (Å²) in [6, 6.07) is 11.6. The molecule has 0 aromatic heterocycles. The molecule has 0 fully saturated rings. The van der Waals surface area contributed by atoms with Crippen LogP contribution in [-0.2, 0) is 4.79 Å². The van der Waals surface area contributed by atoms with E-state index in [1.165, 1.54) is 18.2 Å². The lowest BCUT2D eigenvalue weighted by Gasteiger charge is -2.08. The number of carbonyl (C=O) groups excluding carboxylic acids is 1. The second kappa shape index (κ2) is 7.26. The monoisotopic (exact) mass is 400 g/mol. The molecular formula is C15H14FIN2O2. The van der Waals surface area contributed by atoms with Crippen LogP contribution in [0.25, 0.3) is 0 Å². The van der Waals surface area contributed by atoms with Crippen molar-refractivity contribution in [2.45, 2.75) is 6.42 Å². The maximum absolute atomic E-state index is 13.0. The average molecular weight is 400 g/mol. The molecule has 21 heavy (non-hydrogen) atoms. The molecule has 0 unspecified atom stereocenters. The largest absolute Gasteiger partial charge is 0.493 e. The lowest BCUT2D eigenvalue weighted by Crippen LogP contribution is -2.15. The van der Waals surface area contributed by atoms with E-state index in [0.29, 0.717) is 5.69 Å². The molecule has 0 saturated carbocycles. The van der Waals surface area contributed by atoms with Gasteiger partial charge in [0.05, 0.1) is 18.7 Å². The van der Waals surface area contributed by atoms with Gasteiger partial charge in [-0.2, -0.15) is 0 Å². The number of hydrogen-bond donors (Lipinski definition) is 2. The first kappa shape index (κ1) is 15.6. The molecule has 2 aromatic carbocycles. The number of rotatable bonds is 5. The summed E-state index contributed by atoms with van der Waals surface area (Å²) in [5.74, 6) is 0.00220. The summed E-state index contributed by atoms with van der Waals surface area (Å²) in [6.07, 6.45) is 0.197. The van der Waals surface area contributed by atoms with E-state index in [2.05, 4.69) is 27.9 Å². The average Bonchev–Trinajstić information content (AvgIpc) is 2.43. The molecule has 0 aliphatic heterocycles. The van der Waals surface area contributed by atoms with E-state index in [1.807, 2.05) is 24.3 Å². The molecule has 0 heterocycles. The Bertz CT molecular complexity index is 649. The van der Waals surface area contributed by atoms with Gasteiger partial charge in [-0.25, -0.2) is 4.39 Å². The van der Waals surface area contributed by atoms with Crippen LogP contribution in [0.4, 0.5) is 15.8 Å². The first-order chi connectivity index (χ1) is 10.0. The van der Waals surface area contributed by atoms with E-state index < -0.39 is 5.82 Å². The predicted molar refractivity (Wildman–Crippen MR) is 88.7 cm³/mol. The molecule has 0 aliphatic rings. The Morgan fingerprint density at radius 1 is 1.29 bits per heavy atom. The van der Waals surface area contributed by atoms with Gasteiger partial charge in [0.15, 0.2) is 0 Å². The Morgan fingerprint density at radius 3 is 2.81 bits per heavy atom. The first-order valence-electron chi connectivity index (χ1n) is 6.28. The molecule has 2 rings (SSSR count). The van der Waals surface area contributed by atoms with Crippen molar-refractivity contribution in [2.75, 3.05) is 17.7 Å². The zero-order chi connectivity index (χ0) is 15.2. The lowest BCUT2D eigenvalue weighted by atomic mass is 10.2. The molecule has 0 spiro atoms. The van der Waals surface area contributed by atoms with Gasteiger partial charge in [-0.1, -0.05) is 6.07 Å². The third-order valence-electron chi connectivity index (χ3n) is 2.67. The molecule has 0 aliphatic carbocycles. The SMILES string of the molecule is Nc1cc(NC(=O)CCOc2cccc(I)c2)ccc1F. The molecule has 1 amide bonds. The second-order valence-corrected chi connectivity index (χ2v) is 5.59. The molecule has 0 bridgehead atoms. The van der Waals surface area contributed by atoms with Gasteiger partial charge in [0.25, 0.3) is 0 Å². The van der Waals surface area contributed by atoms with Crippen LogP contribution in [0, 0.1) is 9.39 Å². The van der Waals surface area contributed by atoms with Crippen molar-refractivity contribution >= 4 is 39.9 Å². The van der Waals surface area contributed by atoms with Gasteiger partial charge in [0.2, 0.25) is 5.91 Å². The van der Waals surface area contributed by atoms with Crippen LogP contribution in [0.1, 0.15) is 6.42 Å². The molecule has 2 aromatic rings. The van der Waals surface area contributed by atoms with Crippen molar-refractivity contribution in [3.05, 3.63) is 51.9 Å². The fourth-order valence-corrected chi connectivity index (χ4v) is 2.18. The number of hydrogen-bond acceptors (Lipinski definition) is 3. The Labute approximate surface area is 135 Å². The van der Waals surface area contributed by atoms with Crippen molar-refractivity contribution in [2.24, 2.45) is 0 Å². The summed E-state index contributed by atoms with van der Waals surface area (Å²) >= 11 is 2.19. The number of amides is 1. The predicted octanol–water partition coefficient (Wildman–Crippen LogP) is 3.42. The Kier molecular flexibility index (Phi) is 5.38. The number of halogens is 2. The van der Waals surface area contributed by atoms with Gasteiger partial charge in [0, 0.05) is 9.26 Å². The van der Waals surface area contributed by atoms with Gasteiger partial charge in [-0.05, 0) is 59.0 Å². The molecule has 6 heteroatoms. The normalized spacial score (nSPS) is 10.2. The van der Waals surface area contributed by atoms with Crippen LogP contribution in [0.15, 0.2) is 42.5 Å². The van der Waals surface area contributed by atoms with Crippen molar-refractivity contribution in [3.63, 3.8) is 0 Å². The number of nitrogen functional groups attached to an aromatic ring is 1. The van der Waals surface area contributed by atoms with Crippen LogP contribution >= 0.6 is 22.6 Å². The summed E-state index contributed by atoms with van der Waals surface area (Å²) in [6.45, 7) is 0.266. The number of ether oxygens (including phenoxy) is 1. The molecule has 0 radical (unpaired) electrons. The van der Waals surface area contributed by atoms with E-state index in [-0.39, 0.29) is 24.6 Å². The van der Waals surface area contributed by atoms with Crippen LogP contribution in [0.2, 0.25) is 0 Å². The summed E-state index contributed by atoms with van der Waals surface area (Å²) in [5, 5.41) is 2.64. The second-order valence-electron chi connectivity index (χ2n) is 4.34. The Hall–Kier alpha value is -1.83. The van der Waals surface area contributed by atoms with E-state index in [0.717, 1.165) is 9.32 Å². The summed E-state index contributed by atoms with van der Waals surface area (Å²) < 4.78 is 19.6. The minimum Gasteiger partial charge on any atom is -0.493 e. The van der Waals surface area contributed by atoms with Gasteiger partial charge >= 0.3 is 0 Å². The number of anilines is 2. The number of benzene rings is 2. The maximum atomic E-state index is 13.0. The fourth-order valence-electron chi connectivity index (χ4n) is 1.66. The molecule has 4 nitrogen and oxygen atoms in total. The summed E-state index contributed by atoms with van der Waals surface area (Å²) in [4.78, 5) is 11.7. The van der Waals surface area contributed by atoms with E-state index in [9.17, 15) is 9.18 Å². The lowest BCUT2D eigenvalue weighted by molar-refractivity contribution is -0.116. The van der Waals surface area contributed by atoms with Crippen LogP contribution in [0.5, 0.6) is 5.75 Å².